The molecule has 0 aliphatic heterocycles. The number of Topliss-reactive ketones (excluding diaryl/α,β-unsaturated/α-hetero) is 1. The van der Waals surface area contributed by atoms with E-state index in [1.165, 1.54) is 0 Å². The van der Waals surface area contributed by atoms with Gasteiger partial charge in [0.2, 0.25) is 5.78 Å². The molecule has 0 aliphatic rings. The highest BCUT2D eigenvalue weighted by molar-refractivity contribution is 6.03. The third-order valence-electron chi connectivity index (χ3n) is 5.06. The Morgan fingerprint density at radius 1 is 1.00 bits per heavy atom. The molecule has 0 spiro atoms. The summed E-state index contributed by atoms with van der Waals surface area (Å²) in [6.07, 6.45) is 0. The van der Waals surface area contributed by atoms with Gasteiger partial charge in [-0.3, -0.25) is 9.59 Å². The number of aryl methyl sites for hydroxylation is 2. The Morgan fingerprint density at radius 2 is 1.62 bits per heavy atom. The van der Waals surface area contributed by atoms with Crippen molar-refractivity contribution in [1.82, 2.24) is 10.3 Å². The molecule has 172 valence electrons. The van der Waals surface area contributed by atoms with Crippen molar-refractivity contribution >= 4 is 23.6 Å². The number of benzene rings is 1. The van der Waals surface area contributed by atoms with Gasteiger partial charge >= 0.3 is 11.9 Å². The molecule has 2 rings (SSSR count). The van der Waals surface area contributed by atoms with Crippen LogP contribution in [0.15, 0.2) is 24.3 Å². The number of H-pyrrole nitrogens is 1. The Morgan fingerprint density at radius 3 is 2.19 bits per heavy atom. The summed E-state index contributed by atoms with van der Waals surface area (Å²) >= 11 is 0. The number of aromatic amines is 1. The van der Waals surface area contributed by atoms with E-state index in [0.29, 0.717) is 22.4 Å². The number of amides is 1. The number of hydrogen-bond donors (Lipinski definition) is 2. The van der Waals surface area contributed by atoms with Crippen LogP contribution in [0.25, 0.3) is 0 Å². The zero-order valence-electron chi connectivity index (χ0n) is 19.3. The fourth-order valence-electron chi connectivity index (χ4n) is 3.26. The van der Waals surface area contributed by atoms with Crippen LogP contribution in [-0.4, -0.2) is 47.9 Å². The molecule has 8 nitrogen and oxygen atoms in total. The largest absolute Gasteiger partial charge is 0.462 e. The summed E-state index contributed by atoms with van der Waals surface area (Å²) in [5.74, 6) is -2.37. The highest BCUT2D eigenvalue weighted by Crippen LogP contribution is 2.20. The number of rotatable bonds is 9. The van der Waals surface area contributed by atoms with Crippen LogP contribution < -0.4 is 5.32 Å². The van der Waals surface area contributed by atoms with Gasteiger partial charge in [-0.2, -0.15) is 0 Å². The first-order valence-corrected chi connectivity index (χ1v) is 10.5. The first kappa shape index (κ1) is 24.8. The summed E-state index contributed by atoms with van der Waals surface area (Å²) in [5, 5.41) is 2.68. The van der Waals surface area contributed by atoms with E-state index in [2.05, 4.69) is 10.3 Å². The van der Waals surface area contributed by atoms with Crippen LogP contribution in [0, 0.1) is 26.7 Å². The molecule has 8 heteroatoms. The van der Waals surface area contributed by atoms with E-state index < -0.39 is 36.3 Å². The van der Waals surface area contributed by atoms with Crippen molar-refractivity contribution < 1.29 is 28.7 Å². The highest BCUT2D eigenvalue weighted by Gasteiger charge is 2.28. The molecule has 1 amide bonds. The van der Waals surface area contributed by atoms with Gasteiger partial charge in [0, 0.05) is 11.3 Å². The maximum absolute atomic E-state index is 12.6. The average molecular weight is 443 g/mol. The van der Waals surface area contributed by atoms with E-state index in [4.69, 9.17) is 9.47 Å². The predicted octanol–water partition coefficient (Wildman–Crippen LogP) is 3.30. The summed E-state index contributed by atoms with van der Waals surface area (Å²) in [6, 6.07) is 6.05. The molecule has 0 aliphatic carbocycles. The second kappa shape index (κ2) is 10.7. The third kappa shape index (κ3) is 5.84. The smallest absolute Gasteiger partial charge is 0.340 e. The van der Waals surface area contributed by atoms with Crippen molar-refractivity contribution in [2.45, 2.75) is 47.6 Å². The van der Waals surface area contributed by atoms with Gasteiger partial charge in [-0.05, 0) is 51.3 Å². The third-order valence-corrected chi connectivity index (χ3v) is 5.06. The Kier molecular flexibility index (Phi) is 8.34. The van der Waals surface area contributed by atoms with Crippen LogP contribution in [0.5, 0.6) is 0 Å². The molecule has 1 aromatic carbocycles. The first-order valence-electron chi connectivity index (χ1n) is 10.5. The minimum Gasteiger partial charge on any atom is -0.462 e. The fourth-order valence-corrected chi connectivity index (χ4v) is 3.26. The summed E-state index contributed by atoms with van der Waals surface area (Å²) in [5.41, 5.74) is 2.86. The number of ether oxygens (including phenoxy) is 2. The van der Waals surface area contributed by atoms with Crippen molar-refractivity contribution in [2.24, 2.45) is 5.92 Å². The summed E-state index contributed by atoms with van der Waals surface area (Å²) in [7, 11) is 0. The van der Waals surface area contributed by atoms with Crippen LogP contribution >= 0.6 is 0 Å². The molecule has 32 heavy (non-hydrogen) atoms. The SMILES string of the molecule is CCOC(=O)c1c(C)[nH]c(C(=O)COC(=O)C(NC(=O)c2ccc(C)cc2)C(C)C)c1C. The molecule has 0 bridgehead atoms. The number of esters is 2. The lowest BCUT2D eigenvalue weighted by Gasteiger charge is -2.20. The average Bonchev–Trinajstić information content (AvgIpc) is 3.04. The lowest BCUT2D eigenvalue weighted by Crippen LogP contribution is -2.45. The Hall–Kier alpha value is -3.42. The molecule has 1 heterocycles. The van der Waals surface area contributed by atoms with Gasteiger partial charge in [0.05, 0.1) is 17.9 Å². The molecule has 0 saturated carbocycles. The van der Waals surface area contributed by atoms with Crippen molar-refractivity contribution in [3.8, 4) is 0 Å². The number of hydrogen-bond acceptors (Lipinski definition) is 6. The molecule has 1 unspecified atom stereocenters. The Bertz CT molecular complexity index is 1000. The van der Waals surface area contributed by atoms with Crippen LogP contribution in [0.4, 0.5) is 0 Å². The van der Waals surface area contributed by atoms with Crippen LogP contribution in [0.2, 0.25) is 0 Å². The standard InChI is InChI=1S/C24H30N2O6/c1-7-31-23(29)19-15(5)21(25-16(19)6)18(27)12-32-24(30)20(13(2)3)26-22(28)17-10-8-14(4)9-11-17/h8-11,13,20,25H,7,12H2,1-6H3,(H,26,28). The van der Waals surface area contributed by atoms with E-state index in [9.17, 15) is 19.2 Å². The highest BCUT2D eigenvalue weighted by atomic mass is 16.5. The van der Waals surface area contributed by atoms with Crippen LogP contribution in [0.3, 0.4) is 0 Å². The van der Waals surface area contributed by atoms with Crippen molar-refractivity contribution in [3.63, 3.8) is 0 Å². The number of ketones is 1. The molecule has 2 aromatic rings. The zero-order valence-corrected chi connectivity index (χ0v) is 19.3. The van der Waals surface area contributed by atoms with E-state index in [1.54, 1.807) is 46.8 Å². The lowest BCUT2D eigenvalue weighted by atomic mass is 10.0. The molecule has 0 radical (unpaired) electrons. The van der Waals surface area contributed by atoms with Gasteiger partial charge in [0.1, 0.15) is 6.04 Å². The van der Waals surface area contributed by atoms with Crippen molar-refractivity contribution in [1.29, 1.82) is 0 Å². The van der Waals surface area contributed by atoms with Gasteiger partial charge in [-0.25, -0.2) is 9.59 Å². The van der Waals surface area contributed by atoms with Crippen LogP contribution in [0.1, 0.15) is 68.8 Å². The number of carbonyl (C=O) groups is 4. The second-order valence-corrected chi connectivity index (χ2v) is 7.94. The van der Waals surface area contributed by atoms with E-state index in [-0.39, 0.29) is 18.2 Å². The first-order chi connectivity index (χ1) is 15.1. The topological polar surface area (TPSA) is 115 Å². The summed E-state index contributed by atoms with van der Waals surface area (Å²) in [4.78, 5) is 52.7. The molecular weight excluding hydrogens is 412 g/mol. The summed E-state index contributed by atoms with van der Waals surface area (Å²) < 4.78 is 10.2. The Labute approximate surface area is 187 Å². The van der Waals surface area contributed by atoms with Gasteiger partial charge in [0.25, 0.3) is 5.91 Å². The predicted molar refractivity (Wildman–Crippen MR) is 119 cm³/mol. The lowest BCUT2D eigenvalue weighted by molar-refractivity contribution is -0.145. The zero-order chi connectivity index (χ0) is 24.0. The maximum atomic E-state index is 12.6. The van der Waals surface area contributed by atoms with Gasteiger partial charge < -0.3 is 19.8 Å². The molecule has 0 saturated heterocycles. The molecule has 2 N–H and O–H groups in total. The van der Waals surface area contributed by atoms with E-state index >= 15 is 0 Å². The number of carbonyl (C=O) groups excluding carboxylic acids is 4. The van der Waals surface area contributed by atoms with Gasteiger partial charge in [-0.15, -0.1) is 0 Å². The molecular formula is C24H30N2O6. The van der Waals surface area contributed by atoms with E-state index in [1.807, 2.05) is 19.1 Å². The molecule has 0 fully saturated rings. The minimum atomic E-state index is -0.918. The Balaban J connectivity index is 2.06. The second-order valence-electron chi connectivity index (χ2n) is 7.94. The van der Waals surface area contributed by atoms with E-state index in [0.717, 1.165) is 5.56 Å². The number of aromatic nitrogens is 1. The maximum Gasteiger partial charge on any atom is 0.340 e. The molecule has 1 atom stereocenters. The summed E-state index contributed by atoms with van der Waals surface area (Å²) in [6.45, 7) is 10.1. The fraction of sp³-hybridized carbons (Fsp3) is 0.417. The van der Waals surface area contributed by atoms with Crippen molar-refractivity contribution in [2.75, 3.05) is 13.2 Å². The quantitative estimate of drug-likeness (QED) is 0.455. The van der Waals surface area contributed by atoms with Crippen molar-refractivity contribution in [3.05, 3.63) is 57.9 Å². The number of nitrogens with one attached hydrogen (secondary N) is 2. The van der Waals surface area contributed by atoms with Gasteiger partial charge in [-0.1, -0.05) is 31.5 Å². The normalized spacial score (nSPS) is 11.7. The van der Waals surface area contributed by atoms with Gasteiger partial charge in [0.15, 0.2) is 6.61 Å². The minimum absolute atomic E-state index is 0.183. The monoisotopic (exact) mass is 442 g/mol. The molecule has 1 aromatic heterocycles. The van der Waals surface area contributed by atoms with Crippen LogP contribution in [-0.2, 0) is 14.3 Å².